The van der Waals surface area contributed by atoms with Gasteiger partial charge in [0.05, 0.1) is 18.7 Å². The zero-order valence-electron chi connectivity index (χ0n) is 17.2. The van der Waals surface area contributed by atoms with Crippen molar-refractivity contribution in [2.75, 3.05) is 13.7 Å². The van der Waals surface area contributed by atoms with Crippen LogP contribution in [-0.4, -0.2) is 30.6 Å². The van der Waals surface area contributed by atoms with Crippen molar-refractivity contribution < 1.29 is 19.1 Å². The summed E-state index contributed by atoms with van der Waals surface area (Å²) in [6, 6.07) is 18.6. The first-order valence-electron chi connectivity index (χ1n) is 10.0. The lowest BCUT2D eigenvalue weighted by molar-refractivity contribution is 0.0600. The summed E-state index contributed by atoms with van der Waals surface area (Å²) in [5, 5.41) is 4.17. The van der Waals surface area contributed by atoms with Gasteiger partial charge in [0, 0.05) is 6.54 Å². The van der Waals surface area contributed by atoms with E-state index in [0.29, 0.717) is 12.1 Å². The number of ether oxygens (including phenoxy) is 2. The molecule has 0 aliphatic carbocycles. The highest BCUT2D eigenvalue weighted by molar-refractivity contribution is 7.08. The monoisotopic (exact) mass is 433 g/mol. The Morgan fingerprint density at radius 2 is 1.84 bits per heavy atom. The molecule has 1 aromatic heterocycles. The van der Waals surface area contributed by atoms with Crippen LogP contribution in [0.25, 0.3) is 5.57 Å². The van der Waals surface area contributed by atoms with Crippen molar-refractivity contribution in [1.82, 2.24) is 4.90 Å². The number of thiophene rings is 1. The van der Waals surface area contributed by atoms with Crippen molar-refractivity contribution in [1.29, 1.82) is 0 Å². The lowest BCUT2D eigenvalue weighted by atomic mass is 9.93. The van der Waals surface area contributed by atoms with Gasteiger partial charge in [-0.3, -0.25) is 4.90 Å². The van der Waals surface area contributed by atoms with Gasteiger partial charge in [-0.15, -0.1) is 0 Å². The highest BCUT2D eigenvalue weighted by atomic mass is 32.1. The second kappa shape index (κ2) is 9.62. The van der Waals surface area contributed by atoms with Crippen molar-refractivity contribution in [2.24, 2.45) is 0 Å². The van der Waals surface area contributed by atoms with E-state index < -0.39 is 0 Å². The summed E-state index contributed by atoms with van der Waals surface area (Å²) in [7, 11) is 1.36. The van der Waals surface area contributed by atoms with Crippen molar-refractivity contribution in [3.8, 4) is 0 Å². The summed E-state index contributed by atoms with van der Waals surface area (Å²) in [5.74, 6) is -0.385. The molecule has 1 amide bonds. The summed E-state index contributed by atoms with van der Waals surface area (Å²) >= 11 is 1.65. The Balaban J connectivity index is 1.59. The number of nitrogens with zero attached hydrogens (tertiary/aromatic N) is 1. The fraction of sp³-hybridized carbons (Fsp3) is 0.200. The van der Waals surface area contributed by atoms with Gasteiger partial charge in [0.25, 0.3) is 0 Å². The van der Waals surface area contributed by atoms with Crippen LogP contribution in [0.5, 0.6) is 0 Å². The smallest absolute Gasteiger partial charge is 0.410 e. The molecule has 31 heavy (non-hydrogen) atoms. The molecule has 6 heteroatoms. The highest BCUT2D eigenvalue weighted by Gasteiger charge is 2.29. The zero-order valence-corrected chi connectivity index (χ0v) is 18.0. The van der Waals surface area contributed by atoms with Crippen molar-refractivity contribution >= 4 is 29.0 Å². The number of carbonyl (C=O) groups is 2. The minimum Gasteiger partial charge on any atom is -0.465 e. The molecule has 1 atom stereocenters. The van der Waals surface area contributed by atoms with E-state index in [9.17, 15) is 9.59 Å². The molecule has 1 aliphatic rings. The van der Waals surface area contributed by atoms with E-state index in [4.69, 9.17) is 9.47 Å². The molecule has 0 unspecified atom stereocenters. The van der Waals surface area contributed by atoms with Crippen LogP contribution in [0, 0.1) is 0 Å². The van der Waals surface area contributed by atoms with Gasteiger partial charge in [-0.2, -0.15) is 11.3 Å². The predicted octanol–water partition coefficient (Wildman–Crippen LogP) is 5.70. The van der Waals surface area contributed by atoms with Gasteiger partial charge >= 0.3 is 12.1 Å². The molecule has 3 aromatic rings. The van der Waals surface area contributed by atoms with Crippen LogP contribution in [0.1, 0.15) is 39.5 Å². The molecular weight excluding hydrogens is 410 g/mol. The third-order valence-electron chi connectivity index (χ3n) is 5.32. The number of rotatable bonds is 5. The van der Waals surface area contributed by atoms with E-state index in [1.165, 1.54) is 18.2 Å². The van der Waals surface area contributed by atoms with Crippen LogP contribution >= 0.6 is 11.3 Å². The molecule has 2 heterocycles. The van der Waals surface area contributed by atoms with Gasteiger partial charge in [0.1, 0.15) is 6.61 Å². The molecule has 0 N–H and O–H groups in total. The standard InChI is InChI=1S/C25H23NO4S/c1-29-24(27)20-9-7-19(8-10-20)23-15-21(22-12-14-31-17-22)11-13-26(23)25(28)30-16-18-5-3-2-4-6-18/h2-10,12,14-15,17,23H,11,13,16H2,1H3/t23-/m0/s1. The van der Waals surface area contributed by atoms with E-state index in [2.05, 4.69) is 22.9 Å². The number of methoxy groups -OCH3 is 1. The van der Waals surface area contributed by atoms with Gasteiger partial charge < -0.3 is 9.47 Å². The van der Waals surface area contributed by atoms with Crippen LogP contribution < -0.4 is 0 Å². The van der Waals surface area contributed by atoms with E-state index in [1.54, 1.807) is 28.4 Å². The molecule has 0 saturated heterocycles. The first-order valence-corrected chi connectivity index (χ1v) is 11.0. The van der Waals surface area contributed by atoms with E-state index in [0.717, 1.165) is 17.5 Å². The number of esters is 1. The zero-order chi connectivity index (χ0) is 21.6. The number of hydrogen-bond donors (Lipinski definition) is 0. The van der Waals surface area contributed by atoms with Crippen molar-refractivity contribution in [3.63, 3.8) is 0 Å². The molecule has 5 nitrogen and oxygen atoms in total. The van der Waals surface area contributed by atoms with Gasteiger partial charge in [-0.25, -0.2) is 9.59 Å². The first-order chi connectivity index (χ1) is 15.2. The number of hydrogen-bond acceptors (Lipinski definition) is 5. The van der Waals surface area contributed by atoms with Crippen LogP contribution in [0.4, 0.5) is 4.79 Å². The predicted molar refractivity (Wildman–Crippen MR) is 121 cm³/mol. The van der Waals surface area contributed by atoms with E-state index in [1.807, 2.05) is 42.5 Å². The third-order valence-corrected chi connectivity index (χ3v) is 6.01. The molecule has 0 saturated carbocycles. The van der Waals surface area contributed by atoms with Crippen LogP contribution in [0.3, 0.4) is 0 Å². The van der Waals surface area contributed by atoms with E-state index >= 15 is 0 Å². The summed E-state index contributed by atoms with van der Waals surface area (Å²) in [6.45, 7) is 0.782. The number of benzene rings is 2. The van der Waals surface area contributed by atoms with Gasteiger partial charge in [-0.05, 0) is 57.6 Å². The van der Waals surface area contributed by atoms with Crippen LogP contribution in [-0.2, 0) is 16.1 Å². The Morgan fingerprint density at radius 3 is 2.52 bits per heavy atom. The fourth-order valence-corrected chi connectivity index (χ4v) is 4.33. The summed E-state index contributed by atoms with van der Waals surface area (Å²) in [4.78, 5) is 26.5. The van der Waals surface area contributed by atoms with Gasteiger partial charge in [0.2, 0.25) is 0 Å². The molecule has 2 aromatic carbocycles. The topological polar surface area (TPSA) is 55.8 Å². The Bertz CT molecular complexity index is 1060. The largest absolute Gasteiger partial charge is 0.465 e. The highest BCUT2D eigenvalue weighted by Crippen LogP contribution is 2.35. The molecular formula is C25H23NO4S. The Labute approximate surface area is 185 Å². The van der Waals surface area contributed by atoms with Crippen LogP contribution in [0.15, 0.2) is 77.5 Å². The number of carbonyl (C=O) groups excluding carboxylic acids is 2. The Kier molecular flexibility index (Phi) is 6.48. The maximum absolute atomic E-state index is 13.0. The molecule has 1 aliphatic heterocycles. The average Bonchev–Trinajstić information content (AvgIpc) is 3.37. The quantitative estimate of drug-likeness (QED) is 0.484. The van der Waals surface area contributed by atoms with Gasteiger partial charge in [0.15, 0.2) is 0 Å². The minimum atomic E-state index is -0.385. The second-order valence-electron chi connectivity index (χ2n) is 7.25. The Morgan fingerprint density at radius 1 is 1.06 bits per heavy atom. The molecule has 158 valence electrons. The van der Waals surface area contributed by atoms with Crippen molar-refractivity contribution in [2.45, 2.75) is 19.1 Å². The molecule has 0 radical (unpaired) electrons. The normalized spacial score (nSPS) is 15.8. The summed E-state index contributed by atoms with van der Waals surface area (Å²) in [6.07, 6.45) is 2.52. The van der Waals surface area contributed by atoms with Crippen LogP contribution in [0.2, 0.25) is 0 Å². The Hall–Kier alpha value is -3.38. The average molecular weight is 434 g/mol. The van der Waals surface area contributed by atoms with E-state index in [-0.39, 0.29) is 24.7 Å². The molecule has 0 spiro atoms. The lowest BCUT2D eigenvalue weighted by Gasteiger charge is -2.34. The second-order valence-corrected chi connectivity index (χ2v) is 8.03. The summed E-state index contributed by atoms with van der Waals surface area (Å²) in [5.41, 5.74) is 4.72. The fourth-order valence-electron chi connectivity index (χ4n) is 3.65. The lowest BCUT2D eigenvalue weighted by Crippen LogP contribution is -2.37. The number of amides is 1. The SMILES string of the molecule is COC(=O)c1ccc([C@@H]2C=C(c3ccsc3)CCN2C(=O)OCc2ccccc2)cc1. The van der Waals surface area contributed by atoms with Crippen molar-refractivity contribution in [3.05, 3.63) is 99.8 Å². The molecule has 4 rings (SSSR count). The molecule has 0 fully saturated rings. The summed E-state index contributed by atoms with van der Waals surface area (Å²) < 4.78 is 10.4. The maximum Gasteiger partial charge on any atom is 0.410 e. The molecule has 0 bridgehead atoms. The minimum absolute atomic E-state index is 0.227. The third kappa shape index (κ3) is 4.86. The first kappa shape index (κ1) is 20.9. The maximum atomic E-state index is 13.0. The van der Waals surface area contributed by atoms with Gasteiger partial charge in [-0.1, -0.05) is 48.5 Å².